The van der Waals surface area contributed by atoms with E-state index in [0.29, 0.717) is 29.1 Å². The Kier molecular flexibility index (Phi) is 4.09. The van der Waals surface area contributed by atoms with Crippen molar-refractivity contribution in [3.05, 3.63) is 46.7 Å². The van der Waals surface area contributed by atoms with E-state index < -0.39 is 29.6 Å². The van der Waals surface area contributed by atoms with Crippen LogP contribution < -0.4 is 4.74 Å². The molecule has 0 radical (unpaired) electrons. The fourth-order valence-corrected chi connectivity index (χ4v) is 3.68. The molecule has 0 bridgehead atoms. The maximum Gasteiger partial charge on any atom is 0.432 e. The standard InChI is InChI=1S/C18H16F4N4O2/c1-8-15-10-5-9(28-2)6-11(19)16(10)23-12(15)3-4-26(8)17(27)13-7-14(25-24-13)18(20,21)22/h5-8,23H,3-4H2,1-2H3,(H,24,25)/t8-/m0/s1. The number of hydrogen-bond acceptors (Lipinski definition) is 3. The Balaban J connectivity index is 1.72. The fraction of sp³-hybridized carbons (Fsp3) is 0.333. The van der Waals surface area contributed by atoms with Crippen LogP contribution in [-0.4, -0.2) is 39.6 Å². The van der Waals surface area contributed by atoms with Gasteiger partial charge in [0.05, 0.1) is 18.7 Å². The van der Waals surface area contributed by atoms with E-state index in [2.05, 4.69) is 10.1 Å². The maximum absolute atomic E-state index is 14.4. The Hall–Kier alpha value is -3.04. The van der Waals surface area contributed by atoms with Gasteiger partial charge in [-0.05, 0) is 13.0 Å². The van der Waals surface area contributed by atoms with Crippen molar-refractivity contribution in [2.45, 2.75) is 25.6 Å². The number of carbonyl (C=O) groups excluding carboxylic acids is 1. The minimum absolute atomic E-state index is 0.271. The molecule has 3 heterocycles. The van der Waals surface area contributed by atoms with Gasteiger partial charge in [-0.25, -0.2) is 4.39 Å². The van der Waals surface area contributed by atoms with E-state index >= 15 is 0 Å². The van der Waals surface area contributed by atoms with Crippen molar-refractivity contribution in [1.29, 1.82) is 0 Å². The van der Waals surface area contributed by atoms with Crippen molar-refractivity contribution in [1.82, 2.24) is 20.1 Å². The van der Waals surface area contributed by atoms with Crippen LogP contribution in [0, 0.1) is 5.82 Å². The summed E-state index contributed by atoms with van der Waals surface area (Å²) in [5.74, 6) is -0.761. The highest BCUT2D eigenvalue weighted by molar-refractivity contribution is 5.94. The first-order valence-electron chi connectivity index (χ1n) is 8.52. The van der Waals surface area contributed by atoms with Gasteiger partial charge in [-0.2, -0.15) is 18.3 Å². The summed E-state index contributed by atoms with van der Waals surface area (Å²) < 4.78 is 57.8. The number of aromatic amines is 2. The highest BCUT2D eigenvalue weighted by atomic mass is 19.4. The van der Waals surface area contributed by atoms with Gasteiger partial charge in [-0.15, -0.1) is 0 Å². The van der Waals surface area contributed by atoms with Crippen LogP contribution in [0.2, 0.25) is 0 Å². The number of alkyl halides is 3. The second kappa shape index (κ2) is 6.25. The summed E-state index contributed by atoms with van der Waals surface area (Å²) in [4.78, 5) is 17.3. The third-order valence-electron chi connectivity index (χ3n) is 5.04. The van der Waals surface area contributed by atoms with Crippen LogP contribution >= 0.6 is 0 Å². The number of ether oxygens (including phenoxy) is 1. The van der Waals surface area contributed by atoms with E-state index in [9.17, 15) is 22.4 Å². The minimum Gasteiger partial charge on any atom is -0.497 e. The smallest absolute Gasteiger partial charge is 0.432 e. The van der Waals surface area contributed by atoms with Crippen LogP contribution in [-0.2, 0) is 12.6 Å². The van der Waals surface area contributed by atoms with Gasteiger partial charge in [0.25, 0.3) is 5.91 Å². The zero-order chi connectivity index (χ0) is 20.2. The van der Waals surface area contributed by atoms with Gasteiger partial charge in [-0.1, -0.05) is 0 Å². The topological polar surface area (TPSA) is 74.0 Å². The van der Waals surface area contributed by atoms with Gasteiger partial charge in [-0.3, -0.25) is 9.89 Å². The Morgan fingerprint density at radius 1 is 1.32 bits per heavy atom. The molecule has 0 unspecified atom stereocenters. The first-order valence-corrected chi connectivity index (χ1v) is 8.52. The van der Waals surface area contributed by atoms with E-state index in [1.807, 2.05) is 5.10 Å². The van der Waals surface area contributed by atoms with Crippen LogP contribution in [0.1, 0.15) is 40.4 Å². The van der Waals surface area contributed by atoms with Gasteiger partial charge in [0.2, 0.25) is 0 Å². The van der Waals surface area contributed by atoms with E-state index in [-0.39, 0.29) is 12.2 Å². The Bertz CT molecular complexity index is 1070. The quantitative estimate of drug-likeness (QED) is 0.647. The number of hydrogen-bond donors (Lipinski definition) is 2. The third kappa shape index (κ3) is 2.79. The number of aromatic nitrogens is 3. The summed E-state index contributed by atoms with van der Waals surface area (Å²) in [7, 11) is 1.43. The number of methoxy groups -OCH3 is 1. The maximum atomic E-state index is 14.4. The summed E-state index contributed by atoms with van der Waals surface area (Å²) in [6.45, 7) is 2.02. The summed E-state index contributed by atoms with van der Waals surface area (Å²) in [5.41, 5.74) is 0.424. The van der Waals surface area contributed by atoms with E-state index in [1.54, 1.807) is 13.0 Å². The first kappa shape index (κ1) is 18.3. The number of fused-ring (bicyclic) bond motifs is 3. The molecule has 4 rings (SSSR count). The fourth-order valence-electron chi connectivity index (χ4n) is 3.68. The largest absolute Gasteiger partial charge is 0.497 e. The van der Waals surface area contributed by atoms with Crippen molar-refractivity contribution in [3.8, 4) is 5.75 Å². The van der Waals surface area contributed by atoms with Gasteiger partial charge in [0.1, 0.15) is 11.4 Å². The van der Waals surface area contributed by atoms with Gasteiger partial charge in [0.15, 0.2) is 11.5 Å². The van der Waals surface area contributed by atoms with Crippen LogP contribution in [0.15, 0.2) is 18.2 Å². The molecule has 1 amide bonds. The molecule has 1 atom stereocenters. The van der Waals surface area contributed by atoms with Gasteiger partial charge >= 0.3 is 6.18 Å². The second-order valence-corrected chi connectivity index (χ2v) is 6.64. The molecule has 0 aliphatic carbocycles. The summed E-state index contributed by atoms with van der Waals surface area (Å²) in [6.07, 6.45) is -4.20. The third-order valence-corrected chi connectivity index (χ3v) is 5.04. The van der Waals surface area contributed by atoms with E-state index in [1.165, 1.54) is 18.1 Å². The molecule has 1 aromatic carbocycles. The number of carbonyl (C=O) groups is 1. The van der Waals surface area contributed by atoms with Crippen LogP contribution in [0.25, 0.3) is 10.9 Å². The molecule has 0 saturated heterocycles. The number of H-pyrrole nitrogens is 2. The lowest BCUT2D eigenvalue weighted by molar-refractivity contribution is -0.141. The lowest BCUT2D eigenvalue weighted by atomic mass is 9.96. The predicted octanol–water partition coefficient (Wildman–Crippen LogP) is 3.82. The molecule has 28 heavy (non-hydrogen) atoms. The molecule has 2 aromatic heterocycles. The number of rotatable bonds is 2. The molecule has 1 aliphatic rings. The predicted molar refractivity (Wildman–Crippen MR) is 91.6 cm³/mol. The number of benzene rings is 1. The van der Waals surface area contributed by atoms with Crippen molar-refractivity contribution < 1.29 is 27.1 Å². The number of amides is 1. The molecule has 0 spiro atoms. The Morgan fingerprint density at radius 2 is 2.07 bits per heavy atom. The van der Waals surface area contributed by atoms with Crippen molar-refractivity contribution in [2.24, 2.45) is 0 Å². The average Bonchev–Trinajstić information content (AvgIpc) is 3.26. The van der Waals surface area contributed by atoms with Gasteiger partial charge < -0.3 is 14.6 Å². The van der Waals surface area contributed by atoms with Crippen LogP contribution in [0.3, 0.4) is 0 Å². The highest BCUT2D eigenvalue weighted by Crippen LogP contribution is 2.38. The Morgan fingerprint density at radius 3 is 2.71 bits per heavy atom. The zero-order valence-corrected chi connectivity index (χ0v) is 14.9. The van der Waals surface area contributed by atoms with Gasteiger partial charge in [0, 0.05) is 41.7 Å². The van der Waals surface area contributed by atoms with Crippen molar-refractivity contribution in [2.75, 3.05) is 13.7 Å². The molecule has 2 N–H and O–H groups in total. The monoisotopic (exact) mass is 396 g/mol. The van der Waals surface area contributed by atoms with Crippen molar-refractivity contribution in [3.63, 3.8) is 0 Å². The highest BCUT2D eigenvalue weighted by Gasteiger charge is 2.36. The minimum atomic E-state index is -4.61. The number of nitrogens with zero attached hydrogens (tertiary/aromatic N) is 2. The lowest BCUT2D eigenvalue weighted by Gasteiger charge is -2.33. The molecule has 10 heteroatoms. The van der Waals surface area contributed by atoms with Crippen LogP contribution in [0.4, 0.5) is 17.6 Å². The molecule has 0 saturated carbocycles. The summed E-state index contributed by atoms with van der Waals surface area (Å²) in [6, 6.07) is 3.15. The number of nitrogens with one attached hydrogen (secondary N) is 2. The Labute approximate surface area is 156 Å². The van der Waals surface area contributed by atoms with E-state index in [4.69, 9.17) is 4.74 Å². The molecule has 148 valence electrons. The van der Waals surface area contributed by atoms with Crippen LogP contribution in [0.5, 0.6) is 5.75 Å². The lowest BCUT2D eigenvalue weighted by Crippen LogP contribution is -2.38. The number of halogens is 4. The molecule has 1 aliphatic heterocycles. The van der Waals surface area contributed by atoms with E-state index in [0.717, 1.165) is 11.3 Å². The normalized spacial score (nSPS) is 17.1. The molecular weight excluding hydrogens is 380 g/mol. The molecule has 6 nitrogen and oxygen atoms in total. The molecule has 0 fully saturated rings. The summed E-state index contributed by atoms with van der Waals surface area (Å²) in [5, 5.41) is 5.95. The molecule has 3 aromatic rings. The molecular formula is C18H16F4N4O2. The first-order chi connectivity index (χ1) is 13.2. The second-order valence-electron chi connectivity index (χ2n) is 6.64. The zero-order valence-electron chi connectivity index (χ0n) is 14.9. The summed E-state index contributed by atoms with van der Waals surface area (Å²) >= 11 is 0. The SMILES string of the molecule is COc1cc(F)c2[nH]c3c(c2c1)[C@H](C)N(C(=O)c1cc(C(F)(F)F)[nH]n1)CC3. The van der Waals surface area contributed by atoms with Crippen molar-refractivity contribution >= 4 is 16.8 Å². The average molecular weight is 396 g/mol.